The zero-order chi connectivity index (χ0) is 12.3. The molecule has 0 radical (unpaired) electrons. The van der Waals surface area contributed by atoms with E-state index in [9.17, 15) is 4.79 Å². The van der Waals surface area contributed by atoms with Crippen molar-refractivity contribution in [2.24, 2.45) is 0 Å². The molecule has 0 unspecified atom stereocenters. The van der Waals surface area contributed by atoms with Gasteiger partial charge in [0.15, 0.2) is 0 Å². The largest absolute Gasteiger partial charge is 0.478 e. The third-order valence-corrected chi connectivity index (χ3v) is 2.55. The fourth-order valence-corrected chi connectivity index (χ4v) is 1.76. The van der Waals surface area contributed by atoms with Gasteiger partial charge in [0.25, 0.3) is 0 Å². The van der Waals surface area contributed by atoms with Crippen LogP contribution in [0.5, 0.6) is 0 Å². The smallest absolute Gasteiger partial charge is 0.337 e. The highest BCUT2D eigenvalue weighted by Gasteiger charge is 2.11. The Kier molecular flexibility index (Phi) is 3.39. The van der Waals surface area contributed by atoms with Crippen LogP contribution >= 0.6 is 0 Å². The van der Waals surface area contributed by atoms with E-state index in [0.29, 0.717) is 12.1 Å². The summed E-state index contributed by atoms with van der Waals surface area (Å²) in [5.74, 6) is -0.156. The predicted octanol–water partition coefficient (Wildman–Crippen LogP) is 1.84. The number of aromatic nitrogens is 2. The van der Waals surface area contributed by atoms with Crippen LogP contribution in [0.15, 0.2) is 18.2 Å². The molecule has 1 aromatic heterocycles. The molecular formula is C12H14N2O3. The summed E-state index contributed by atoms with van der Waals surface area (Å²) < 4.78 is 4.96. The van der Waals surface area contributed by atoms with Crippen LogP contribution in [0.4, 0.5) is 0 Å². The first-order valence-electron chi connectivity index (χ1n) is 5.42. The molecule has 0 aliphatic carbocycles. The molecule has 90 valence electrons. The van der Waals surface area contributed by atoms with Gasteiger partial charge in [-0.1, -0.05) is 6.07 Å². The molecule has 1 aromatic carbocycles. The lowest BCUT2D eigenvalue weighted by molar-refractivity contribution is 0.0699. The summed E-state index contributed by atoms with van der Waals surface area (Å²) in [6.07, 6.45) is 1.61. The molecule has 5 nitrogen and oxygen atoms in total. The van der Waals surface area contributed by atoms with E-state index in [1.807, 2.05) is 6.07 Å². The summed E-state index contributed by atoms with van der Waals surface area (Å²) in [4.78, 5) is 18.4. The molecule has 0 spiro atoms. The van der Waals surface area contributed by atoms with Crippen LogP contribution in [0.3, 0.4) is 0 Å². The molecular weight excluding hydrogens is 220 g/mol. The van der Waals surface area contributed by atoms with Crippen LogP contribution in [-0.2, 0) is 11.2 Å². The van der Waals surface area contributed by atoms with Gasteiger partial charge >= 0.3 is 5.97 Å². The van der Waals surface area contributed by atoms with Gasteiger partial charge in [-0.25, -0.2) is 9.78 Å². The van der Waals surface area contributed by atoms with Crippen molar-refractivity contribution in [2.75, 3.05) is 13.7 Å². The molecule has 0 bridgehead atoms. The number of fused-ring (bicyclic) bond motifs is 1. The Morgan fingerprint density at radius 2 is 2.35 bits per heavy atom. The number of hydrogen-bond acceptors (Lipinski definition) is 3. The van der Waals surface area contributed by atoms with Gasteiger partial charge < -0.3 is 14.8 Å². The number of rotatable bonds is 5. The lowest BCUT2D eigenvalue weighted by Crippen LogP contribution is -1.97. The Bertz CT molecular complexity index is 534. The van der Waals surface area contributed by atoms with Gasteiger partial charge in [-0.2, -0.15) is 0 Å². The van der Waals surface area contributed by atoms with E-state index in [-0.39, 0.29) is 5.56 Å². The maximum atomic E-state index is 11.0. The van der Waals surface area contributed by atoms with Gasteiger partial charge in [0.2, 0.25) is 0 Å². The van der Waals surface area contributed by atoms with E-state index in [1.54, 1.807) is 19.2 Å². The molecule has 0 aliphatic heterocycles. The first-order chi connectivity index (χ1) is 8.22. The van der Waals surface area contributed by atoms with Crippen LogP contribution in [0, 0.1) is 0 Å². The summed E-state index contributed by atoms with van der Waals surface area (Å²) in [5, 5.41) is 9.03. The number of hydrogen-bond donors (Lipinski definition) is 2. The van der Waals surface area contributed by atoms with Gasteiger partial charge in [0.1, 0.15) is 11.3 Å². The van der Waals surface area contributed by atoms with Crippen LogP contribution < -0.4 is 0 Å². The topological polar surface area (TPSA) is 75.2 Å². The van der Waals surface area contributed by atoms with E-state index in [0.717, 1.165) is 24.2 Å². The Morgan fingerprint density at radius 1 is 1.53 bits per heavy atom. The van der Waals surface area contributed by atoms with Crippen LogP contribution in [-0.4, -0.2) is 34.8 Å². The van der Waals surface area contributed by atoms with E-state index in [4.69, 9.17) is 9.84 Å². The first-order valence-corrected chi connectivity index (χ1v) is 5.42. The molecule has 0 amide bonds. The Morgan fingerprint density at radius 3 is 3.06 bits per heavy atom. The number of H-pyrrole nitrogens is 1. The predicted molar refractivity (Wildman–Crippen MR) is 63.3 cm³/mol. The minimum Gasteiger partial charge on any atom is -0.478 e. The number of benzene rings is 1. The van der Waals surface area contributed by atoms with Crippen LogP contribution in [0.2, 0.25) is 0 Å². The van der Waals surface area contributed by atoms with Gasteiger partial charge in [-0.05, 0) is 18.6 Å². The third kappa shape index (κ3) is 2.45. The number of aromatic amines is 1. The molecule has 1 heterocycles. The molecule has 0 saturated heterocycles. The summed E-state index contributed by atoms with van der Waals surface area (Å²) in [6.45, 7) is 0.669. The highest BCUT2D eigenvalue weighted by Crippen LogP contribution is 2.17. The molecule has 2 N–H and O–H groups in total. The number of aryl methyl sites for hydroxylation is 1. The number of carboxylic acids is 1. The summed E-state index contributed by atoms with van der Waals surface area (Å²) in [5.41, 5.74) is 1.52. The number of methoxy groups -OCH3 is 1. The van der Waals surface area contributed by atoms with E-state index >= 15 is 0 Å². The third-order valence-electron chi connectivity index (χ3n) is 2.55. The molecule has 2 rings (SSSR count). The first kappa shape index (κ1) is 11.6. The normalized spacial score (nSPS) is 10.9. The molecule has 5 heteroatoms. The number of carboxylic acid groups (broad SMARTS) is 1. The standard InChI is InChI=1S/C12H14N2O3/c1-17-7-3-6-10-13-9-5-2-4-8(12(15)16)11(9)14-10/h2,4-5H,3,6-7H2,1H3,(H,13,14)(H,15,16). The van der Waals surface area contributed by atoms with Gasteiger partial charge in [-0.3, -0.25) is 0 Å². The second kappa shape index (κ2) is 4.97. The van der Waals surface area contributed by atoms with Crippen LogP contribution in [0.25, 0.3) is 11.0 Å². The highest BCUT2D eigenvalue weighted by molar-refractivity contribution is 6.00. The van der Waals surface area contributed by atoms with E-state index in [1.165, 1.54) is 0 Å². The van der Waals surface area contributed by atoms with E-state index < -0.39 is 5.97 Å². The second-order valence-corrected chi connectivity index (χ2v) is 3.79. The Labute approximate surface area is 98.4 Å². The zero-order valence-corrected chi connectivity index (χ0v) is 9.56. The van der Waals surface area contributed by atoms with Crippen molar-refractivity contribution in [1.29, 1.82) is 0 Å². The molecule has 0 saturated carbocycles. The van der Waals surface area contributed by atoms with Crippen molar-refractivity contribution in [2.45, 2.75) is 12.8 Å². The highest BCUT2D eigenvalue weighted by atomic mass is 16.5. The monoisotopic (exact) mass is 234 g/mol. The van der Waals surface area contributed by atoms with Gasteiger partial charge in [0, 0.05) is 20.1 Å². The lowest BCUT2D eigenvalue weighted by atomic mass is 10.2. The average molecular weight is 234 g/mol. The fourth-order valence-electron chi connectivity index (χ4n) is 1.76. The molecule has 0 atom stereocenters. The number of imidazole rings is 1. The molecule has 17 heavy (non-hydrogen) atoms. The number of aromatic carboxylic acids is 1. The number of para-hydroxylation sites is 1. The van der Waals surface area contributed by atoms with Crippen LogP contribution in [0.1, 0.15) is 22.6 Å². The van der Waals surface area contributed by atoms with Crippen molar-refractivity contribution >= 4 is 17.0 Å². The minimum absolute atomic E-state index is 0.233. The van der Waals surface area contributed by atoms with Crippen molar-refractivity contribution in [3.63, 3.8) is 0 Å². The fraction of sp³-hybridized carbons (Fsp3) is 0.333. The molecule has 0 aliphatic rings. The summed E-state index contributed by atoms with van der Waals surface area (Å²) >= 11 is 0. The molecule has 2 aromatic rings. The maximum absolute atomic E-state index is 11.0. The molecule has 0 fully saturated rings. The SMILES string of the molecule is COCCCc1nc2c(C(=O)O)cccc2[nH]1. The number of ether oxygens (including phenoxy) is 1. The Hall–Kier alpha value is -1.88. The average Bonchev–Trinajstić information content (AvgIpc) is 2.71. The van der Waals surface area contributed by atoms with Crippen molar-refractivity contribution in [1.82, 2.24) is 9.97 Å². The number of nitrogens with one attached hydrogen (secondary N) is 1. The van der Waals surface area contributed by atoms with Crippen molar-refractivity contribution in [3.05, 3.63) is 29.6 Å². The van der Waals surface area contributed by atoms with Crippen molar-refractivity contribution < 1.29 is 14.6 Å². The minimum atomic E-state index is -0.953. The van der Waals surface area contributed by atoms with Gasteiger partial charge in [-0.15, -0.1) is 0 Å². The van der Waals surface area contributed by atoms with Crippen molar-refractivity contribution in [3.8, 4) is 0 Å². The Balaban J connectivity index is 2.30. The maximum Gasteiger partial charge on any atom is 0.337 e. The zero-order valence-electron chi connectivity index (χ0n) is 9.56. The number of carbonyl (C=O) groups is 1. The second-order valence-electron chi connectivity index (χ2n) is 3.79. The quantitative estimate of drug-likeness (QED) is 0.774. The van der Waals surface area contributed by atoms with Gasteiger partial charge in [0.05, 0.1) is 11.1 Å². The van der Waals surface area contributed by atoms with E-state index in [2.05, 4.69) is 9.97 Å². The lowest BCUT2D eigenvalue weighted by Gasteiger charge is -1.95. The summed E-state index contributed by atoms with van der Waals surface area (Å²) in [7, 11) is 1.65. The summed E-state index contributed by atoms with van der Waals surface area (Å²) in [6, 6.07) is 5.10. The number of nitrogens with zero attached hydrogens (tertiary/aromatic N) is 1.